The van der Waals surface area contributed by atoms with E-state index in [1.54, 1.807) is 6.20 Å². The van der Waals surface area contributed by atoms with E-state index >= 15 is 0 Å². The van der Waals surface area contributed by atoms with E-state index in [-0.39, 0.29) is 5.91 Å². The van der Waals surface area contributed by atoms with E-state index in [0.717, 1.165) is 17.3 Å². The van der Waals surface area contributed by atoms with Crippen LogP contribution in [0, 0.1) is 0 Å². The lowest BCUT2D eigenvalue weighted by Crippen LogP contribution is -2.12. The van der Waals surface area contributed by atoms with E-state index in [9.17, 15) is 4.79 Å². The minimum absolute atomic E-state index is 0.116. The SMILES string of the molecule is CCc1ccc(C(=O)Nc2cnc3ccccc3c2)cc1. The zero-order chi connectivity index (χ0) is 14.7. The number of nitrogens with one attached hydrogen (secondary N) is 1. The number of aryl methyl sites for hydroxylation is 1. The molecular formula is C18H16N2O. The van der Waals surface area contributed by atoms with Crippen molar-refractivity contribution in [3.63, 3.8) is 0 Å². The zero-order valence-electron chi connectivity index (χ0n) is 11.8. The topological polar surface area (TPSA) is 42.0 Å². The van der Waals surface area contributed by atoms with Crippen molar-refractivity contribution in [2.24, 2.45) is 0 Å². The first-order chi connectivity index (χ1) is 10.3. The van der Waals surface area contributed by atoms with E-state index in [1.165, 1.54) is 5.56 Å². The Morgan fingerprint density at radius 1 is 1.10 bits per heavy atom. The fraction of sp³-hybridized carbons (Fsp3) is 0.111. The molecule has 0 unspecified atom stereocenters. The van der Waals surface area contributed by atoms with Gasteiger partial charge in [-0.1, -0.05) is 37.3 Å². The van der Waals surface area contributed by atoms with Crippen molar-refractivity contribution in [2.75, 3.05) is 5.32 Å². The van der Waals surface area contributed by atoms with E-state index < -0.39 is 0 Å². The average Bonchev–Trinajstić information content (AvgIpc) is 2.55. The lowest BCUT2D eigenvalue weighted by atomic mass is 10.1. The van der Waals surface area contributed by atoms with Crippen molar-refractivity contribution in [2.45, 2.75) is 13.3 Å². The molecule has 0 bridgehead atoms. The lowest BCUT2D eigenvalue weighted by molar-refractivity contribution is 0.102. The number of benzene rings is 2. The molecule has 0 aliphatic rings. The largest absolute Gasteiger partial charge is 0.321 e. The van der Waals surface area contributed by atoms with Crippen LogP contribution >= 0.6 is 0 Å². The van der Waals surface area contributed by atoms with Crippen molar-refractivity contribution in [3.8, 4) is 0 Å². The number of pyridine rings is 1. The van der Waals surface area contributed by atoms with Crippen LogP contribution in [0.4, 0.5) is 5.69 Å². The summed E-state index contributed by atoms with van der Waals surface area (Å²) in [6.45, 7) is 2.09. The maximum atomic E-state index is 12.2. The van der Waals surface area contributed by atoms with Gasteiger partial charge < -0.3 is 5.32 Å². The molecule has 0 saturated heterocycles. The minimum atomic E-state index is -0.116. The Bertz CT molecular complexity index is 779. The number of aromatic nitrogens is 1. The first-order valence-corrected chi connectivity index (χ1v) is 7.01. The summed E-state index contributed by atoms with van der Waals surface area (Å²) in [6, 6.07) is 17.4. The molecule has 1 heterocycles. The van der Waals surface area contributed by atoms with Crippen LogP contribution in [0.5, 0.6) is 0 Å². The molecule has 2 aromatic carbocycles. The minimum Gasteiger partial charge on any atom is -0.321 e. The molecule has 3 aromatic rings. The van der Waals surface area contributed by atoms with E-state index in [2.05, 4.69) is 17.2 Å². The quantitative estimate of drug-likeness (QED) is 0.784. The van der Waals surface area contributed by atoms with Gasteiger partial charge in [-0.25, -0.2) is 0 Å². The highest BCUT2D eigenvalue weighted by molar-refractivity contribution is 6.04. The second-order valence-corrected chi connectivity index (χ2v) is 4.92. The summed E-state index contributed by atoms with van der Waals surface area (Å²) in [4.78, 5) is 16.6. The van der Waals surface area contributed by atoms with Gasteiger partial charge in [-0.05, 0) is 36.2 Å². The van der Waals surface area contributed by atoms with Gasteiger partial charge in [0, 0.05) is 10.9 Å². The molecule has 0 atom stereocenters. The van der Waals surface area contributed by atoms with Crippen LogP contribution in [-0.4, -0.2) is 10.9 Å². The summed E-state index contributed by atoms with van der Waals surface area (Å²) in [6.07, 6.45) is 2.65. The van der Waals surface area contributed by atoms with Crippen molar-refractivity contribution in [1.82, 2.24) is 4.98 Å². The van der Waals surface area contributed by atoms with Crippen molar-refractivity contribution in [1.29, 1.82) is 0 Å². The fourth-order valence-corrected chi connectivity index (χ4v) is 2.23. The molecule has 3 heteroatoms. The van der Waals surface area contributed by atoms with Crippen LogP contribution in [0.3, 0.4) is 0 Å². The highest BCUT2D eigenvalue weighted by atomic mass is 16.1. The van der Waals surface area contributed by atoms with Crippen molar-refractivity contribution < 1.29 is 4.79 Å². The monoisotopic (exact) mass is 276 g/mol. The van der Waals surface area contributed by atoms with E-state index in [0.29, 0.717) is 11.3 Å². The van der Waals surface area contributed by atoms with Crippen LogP contribution < -0.4 is 5.32 Å². The average molecular weight is 276 g/mol. The maximum absolute atomic E-state index is 12.2. The molecule has 0 saturated carbocycles. The van der Waals surface area contributed by atoms with Gasteiger partial charge in [0.1, 0.15) is 0 Å². The second-order valence-electron chi connectivity index (χ2n) is 4.92. The van der Waals surface area contributed by atoms with Gasteiger partial charge >= 0.3 is 0 Å². The molecule has 1 aromatic heterocycles. The lowest BCUT2D eigenvalue weighted by Gasteiger charge is -2.06. The number of carbonyl (C=O) groups excluding carboxylic acids is 1. The number of hydrogen-bond acceptors (Lipinski definition) is 2. The Morgan fingerprint density at radius 3 is 2.62 bits per heavy atom. The Hall–Kier alpha value is -2.68. The molecule has 0 aliphatic carbocycles. The van der Waals surface area contributed by atoms with Crippen LogP contribution in [0.25, 0.3) is 10.9 Å². The summed E-state index contributed by atoms with van der Waals surface area (Å²) in [5.41, 5.74) is 3.50. The van der Waals surface area contributed by atoms with Gasteiger partial charge in [-0.2, -0.15) is 0 Å². The normalized spacial score (nSPS) is 10.5. The van der Waals surface area contributed by atoms with Gasteiger partial charge in [0.05, 0.1) is 17.4 Å². The third-order valence-electron chi connectivity index (χ3n) is 3.47. The third kappa shape index (κ3) is 2.92. The molecule has 0 spiro atoms. The number of anilines is 1. The van der Waals surface area contributed by atoms with Gasteiger partial charge in [-0.3, -0.25) is 9.78 Å². The van der Waals surface area contributed by atoms with Gasteiger partial charge in [-0.15, -0.1) is 0 Å². The Morgan fingerprint density at radius 2 is 1.86 bits per heavy atom. The van der Waals surface area contributed by atoms with E-state index in [4.69, 9.17) is 0 Å². The summed E-state index contributed by atoms with van der Waals surface area (Å²) in [5, 5.41) is 3.90. The molecule has 21 heavy (non-hydrogen) atoms. The second kappa shape index (κ2) is 5.75. The summed E-state index contributed by atoms with van der Waals surface area (Å²) in [5.74, 6) is -0.116. The molecular weight excluding hydrogens is 260 g/mol. The van der Waals surface area contributed by atoms with E-state index in [1.807, 2.05) is 54.6 Å². The Labute approximate surface area is 123 Å². The van der Waals surface area contributed by atoms with Gasteiger partial charge in [0.15, 0.2) is 0 Å². The number of amides is 1. The van der Waals surface area contributed by atoms with Crippen LogP contribution in [-0.2, 0) is 6.42 Å². The molecule has 0 radical (unpaired) electrons. The predicted molar refractivity (Wildman–Crippen MR) is 85.5 cm³/mol. The van der Waals surface area contributed by atoms with Crippen LogP contribution in [0.2, 0.25) is 0 Å². The number of rotatable bonds is 3. The predicted octanol–water partition coefficient (Wildman–Crippen LogP) is 4.05. The Balaban J connectivity index is 1.81. The number of nitrogens with zero attached hydrogens (tertiary/aromatic N) is 1. The zero-order valence-corrected chi connectivity index (χ0v) is 11.8. The fourth-order valence-electron chi connectivity index (χ4n) is 2.23. The maximum Gasteiger partial charge on any atom is 0.255 e. The van der Waals surface area contributed by atoms with Crippen molar-refractivity contribution in [3.05, 3.63) is 71.9 Å². The molecule has 3 nitrogen and oxygen atoms in total. The first-order valence-electron chi connectivity index (χ1n) is 7.01. The number of carbonyl (C=O) groups is 1. The van der Waals surface area contributed by atoms with Crippen LogP contribution in [0.15, 0.2) is 60.8 Å². The highest BCUT2D eigenvalue weighted by Crippen LogP contribution is 2.17. The van der Waals surface area contributed by atoms with Crippen molar-refractivity contribution >= 4 is 22.5 Å². The summed E-state index contributed by atoms with van der Waals surface area (Å²) >= 11 is 0. The molecule has 104 valence electrons. The van der Waals surface area contributed by atoms with Gasteiger partial charge in [0.2, 0.25) is 0 Å². The van der Waals surface area contributed by atoms with Gasteiger partial charge in [0.25, 0.3) is 5.91 Å². The molecule has 0 fully saturated rings. The smallest absolute Gasteiger partial charge is 0.255 e. The standard InChI is InChI=1S/C18H16N2O/c1-2-13-7-9-14(10-8-13)18(21)20-16-11-15-5-3-4-6-17(15)19-12-16/h3-12H,2H2,1H3,(H,20,21). The first kappa shape index (κ1) is 13.3. The number of hydrogen-bond donors (Lipinski definition) is 1. The molecule has 1 N–H and O–H groups in total. The molecule has 0 aliphatic heterocycles. The third-order valence-corrected chi connectivity index (χ3v) is 3.47. The summed E-state index contributed by atoms with van der Waals surface area (Å²) < 4.78 is 0. The summed E-state index contributed by atoms with van der Waals surface area (Å²) in [7, 11) is 0. The number of fused-ring (bicyclic) bond motifs is 1. The molecule has 3 rings (SSSR count). The molecule has 1 amide bonds. The number of para-hydroxylation sites is 1. The van der Waals surface area contributed by atoms with Crippen LogP contribution in [0.1, 0.15) is 22.8 Å². The Kier molecular flexibility index (Phi) is 3.65. The highest BCUT2D eigenvalue weighted by Gasteiger charge is 2.06.